The van der Waals surface area contributed by atoms with Gasteiger partial charge in [-0.25, -0.2) is 0 Å². The van der Waals surface area contributed by atoms with Crippen LogP contribution in [0.15, 0.2) is 28.0 Å². The molecule has 0 saturated carbocycles. The maximum Gasteiger partial charge on any atom is 0.229 e. The van der Waals surface area contributed by atoms with Gasteiger partial charge >= 0.3 is 0 Å². The van der Waals surface area contributed by atoms with Crippen LogP contribution in [-0.4, -0.2) is 56.9 Å². The van der Waals surface area contributed by atoms with E-state index in [-0.39, 0.29) is 11.2 Å². The van der Waals surface area contributed by atoms with Crippen LogP contribution >= 0.6 is 11.8 Å². The number of furan rings is 1. The molecular weight excluding hydrogens is 402 g/mol. The maximum atomic E-state index is 5.90. The molecule has 1 aliphatic heterocycles. The summed E-state index contributed by atoms with van der Waals surface area (Å²) >= 11 is 1.55. The zero-order chi connectivity index (χ0) is 21.1. The van der Waals surface area contributed by atoms with Crippen molar-refractivity contribution in [3.63, 3.8) is 0 Å². The van der Waals surface area contributed by atoms with E-state index in [0.717, 1.165) is 30.0 Å². The smallest absolute Gasteiger partial charge is 0.229 e. The predicted molar refractivity (Wildman–Crippen MR) is 117 cm³/mol. The Kier molecular flexibility index (Phi) is 6.07. The lowest BCUT2D eigenvalue weighted by Gasteiger charge is -2.27. The highest BCUT2D eigenvalue weighted by molar-refractivity contribution is 7.99. The number of nitrogen functional groups attached to an aromatic ring is 1. The zero-order valence-electron chi connectivity index (χ0n) is 17.5. The molecule has 0 aliphatic carbocycles. The molecule has 30 heavy (non-hydrogen) atoms. The van der Waals surface area contributed by atoms with Crippen molar-refractivity contribution in [2.45, 2.75) is 43.1 Å². The summed E-state index contributed by atoms with van der Waals surface area (Å²) in [6.07, 6.45) is 5.29. The number of anilines is 3. The lowest BCUT2D eigenvalue weighted by atomic mass is 10.1. The van der Waals surface area contributed by atoms with E-state index in [4.69, 9.17) is 10.2 Å². The lowest BCUT2D eigenvalue weighted by molar-refractivity contribution is 0.479. The van der Waals surface area contributed by atoms with E-state index in [9.17, 15) is 0 Å². The van der Waals surface area contributed by atoms with Gasteiger partial charge in [0.25, 0.3) is 0 Å². The Bertz CT molecular complexity index is 967. The molecule has 4 rings (SSSR count). The highest BCUT2D eigenvalue weighted by Gasteiger charge is 2.24. The molecule has 0 amide bonds. The third-order valence-electron chi connectivity index (χ3n) is 4.93. The molecule has 1 atom stereocenters. The van der Waals surface area contributed by atoms with Crippen LogP contribution in [0.1, 0.15) is 43.0 Å². The van der Waals surface area contributed by atoms with Crippen molar-refractivity contribution in [1.29, 1.82) is 0 Å². The van der Waals surface area contributed by atoms with Crippen LogP contribution in [0.25, 0.3) is 0 Å². The predicted octanol–water partition coefficient (Wildman–Crippen LogP) is 2.60. The van der Waals surface area contributed by atoms with Crippen LogP contribution < -0.4 is 15.5 Å². The van der Waals surface area contributed by atoms with Gasteiger partial charge in [-0.15, -0.1) is 10.2 Å². The second kappa shape index (κ2) is 8.90. The molecule has 160 valence electrons. The van der Waals surface area contributed by atoms with Gasteiger partial charge < -0.3 is 20.0 Å². The molecular formula is C19H27N9OS. The van der Waals surface area contributed by atoms with Gasteiger partial charge in [-0.05, 0) is 38.3 Å². The summed E-state index contributed by atoms with van der Waals surface area (Å²) in [4.78, 5) is 17.2. The highest BCUT2D eigenvalue weighted by Crippen LogP contribution is 2.35. The molecule has 10 nitrogen and oxygen atoms in total. The van der Waals surface area contributed by atoms with Crippen LogP contribution in [0.2, 0.25) is 0 Å². The Morgan fingerprint density at radius 1 is 1.17 bits per heavy atom. The van der Waals surface area contributed by atoms with Crippen LogP contribution in [0.3, 0.4) is 0 Å². The van der Waals surface area contributed by atoms with Crippen LogP contribution in [-0.2, 0) is 6.54 Å². The normalized spacial score (nSPS) is 15.4. The topological polar surface area (TPSA) is 115 Å². The minimum absolute atomic E-state index is 0.0808. The molecule has 0 spiro atoms. The average Bonchev–Trinajstić information content (AvgIpc) is 3.39. The van der Waals surface area contributed by atoms with Crippen LogP contribution in [0.5, 0.6) is 0 Å². The summed E-state index contributed by atoms with van der Waals surface area (Å²) in [6, 6.07) is 3.86. The molecule has 11 heteroatoms. The molecule has 0 aromatic carbocycles. The summed E-state index contributed by atoms with van der Waals surface area (Å²) in [6.45, 7) is 4.59. The number of aromatic nitrogens is 6. The molecule has 0 bridgehead atoms. The minimum Gasteiger partial charge on any atom is -0.467 e. The van der Waals surface area contributed by atoms with Gasteiger partial charge in [-0.2, -0.15) is 15.0 Å². The van der Waals surface area contributed by atoms with Crippen molar-refractivity contribution in [3.05, 3.63) is 30.0 Å². The molecule has 3 aromatic rings. The number of nitrogens with two attached hydrogens (primary N) is 1. The number of rotatable bonds is 7. The summed E-state index contributed by atoms with van der Waals surface area (Å²) in [7, 11) is 3.75. The summed E-state index contributed by atoms with van der Waals surface area (Å²) < 4.78 is 7.71. The highest BCUT2D eigenvalue weighted by atomic mass is 32.2. The fourth-order valence-corrected chi connectivity index (χ4v) is 4.27. The van der Waals surface area contributed by atoms with E-state index in [1.807, 2.05) is 38.1 Å². The molecule has 1 aliphatic rings. The van der Waals surface area contributed by atoms with E-state index in [2.05, 4.69) is 34.6 Å². The van der Waals surface area contributed by atoms with Crippen molar-refractivity contribution in [3.8, 4) is 0 Å². The van der Waals surface area contributed by atoms with Crippen LogP contribution in [0, 0.1) is 0 Å². The third kappa shape index (κ3) is 4.50. The third-order valence-corrected chi connectivity index (χ3v) is 6.01. The SMILES string of the molecule is C[C@@H](Sc1nnc(N2CCCCC2)n1Cc1ccco1)c1nc(N)nc(N(C)C)n1. The van der Waals surface area contributed by atoms with Gasteiger partial charge in [0, 0.05) is 27.2 Å². The molecule has 1 fully saturated rings. The van der Waals surface area contributed by atoms with Crippen molar-refractivity contribution < 1.29 is 4.42 Å². The first-order valence-electron chi connectivity index (χ1n) is 10.1. The second-order valence-corrected chi connectivity index (χ2v) is 8.81. The lowest BCUT2D eigenvalue weighted by Crippen LogP contribution is -2.32. The van der Waals surface area contributed by atoms with E-state index >= 15 is 0 Å². The fraction of sp³-hybridized carbons (Fsp3) is 0.526. The first kappa shape index (κ1) is 20.5. The average molecular weight is 430 g/mol. The Morgan fingerprint density at radius 2 is 1.97 bits per heavy atom. The van der Waals surface area contributed by atoms with Gasteiger partial charge in [0.05, 0.1) is 18.1 Å². The Balaban J connectivity index is 1.62. The van der Waals surface area contributed by atoms with Crippen molar-refractivity contribution in [2.75, 3.05) is 42.7 Å². The van der Waals surface area contributed by atoms with Gasteiger partial charge in [0.2, 0.25) is 17.8 Å². The molecule has 0 unspecified atom stereocenters. The first-order chi connectivity index (χ1) is 14.5. The quantitative estimate of drug-likeness (QED) is 0.562. The van der Waals surface area contributed by atoms with Gasteiger partial charge in [-0.3, -0.25) is 4.57 Å². The van der Waals surface area contributed by atoms with Gasteiger partial charge in [0.1, 0.15) is 11.6 Å². The van der Waals surface area contributed by atoms with E-state index < -0.39 is 0 Å². The standard InChI is InChI=1S/C19H27N9OS/c1-13(15-21-16(20)23-17(22-15)26(2)3)30-19-25-24-18(27-9-5-4-6-10-27)28(19)12-14-8-7-11-29-14/h7-8,11,13H,4-6,9-10,12H2,1-3H3,(H2,20,21,22,23)/t13-/m1/s1. The number of hydrogen-bond acceptors (Lipinski definition) is 10. The van der Waals surface area contributed by atoms with Gasteiger partial charge in [-0.1, -0.05) is 11.8 Å². The maximum absolute atomic E-state index is 5.90. The minimum atomic E-state index is -0.0808. The first-order valence-corrected chi connectivity index (χ1v) is 10.9. The van der Waals surface area contributed by atoms with Gasteiger partial charge in [0.15, 0.2) is 5.16 Å². The second-order valence-electron chi connectivity index (χ2n) is 7.50. The Morgan fingerprint density at radius 3 is 2.67 bits per heavy atom. The monoisotopic (exact) mass is 429 g/mol. The number of thioether (sulfide) groups is 1. The number of nitrogens with zero attached hydrogens (tertiary/aromatic N) is 8. The summed E-state index contributed by atoms with van der Waals surface area (Å²) in [5.41, 5.74) is 5.90. The zero-order valence-corrected chi connectivity index (χ0v) is 18.3. The fourth-order valence-electron chi connectivity index (χ4n) is 3.38. The Hall–Kier alpha value is -2.82. The van der Waals surface area contributed by atoms with Crippen molar-refractivity contribution >= 4 is 29.6 Å². The molecule has 3 aromatic heterocycles. The Labute approximate surface area is 179 Å². The van der Waals surface area contributed by atoms with E-state index in [1.165, 1.54) is 19.3 Å². The number of piperidine rings is 1. The molecule has 4 heterocycles. The van der Waals surface area contributed by atoms with Crippen molar-refractivity contribution in [1.82, 2.24) is 29.7 Å². The summed E-state index contributed by atoms with van der Waals surface area (Å²) in [5, 5.41) is 9.73. The van der Waals surface area contributed by atoms with Crippen molar-refractivity contribution in [2.24, 2.45) is 0 Å². The molecule has 1 saturated heterocycles. The molecule has 2 N–H and O–H groups in total. The largest absolute Gasteiger partial charge is 0.467 e. The molecule has 0 radical (unpaired) electrons. The van der Waals surface area contributed by atoms with Crippen LogP contribution in [0.4, 0.5) is 17.8 Å². The van der Waals surface area contributed by atoms with E-state index in [1.54, 1.807) is 18.0 Å². The van der Waals surface area contributed by atoms with E-state index in [0.29, 0.717) is 18.3 Å². The number of hydrogen-bond donors (Lipinski definition) is 1. The summed E-state index contributed by atoms with van der Waals surface area (Å²) in [5.74, 6) is 3.10.